The Morgan fingerprint density at radius 3 is 2.76 bits per heavy atom. The van der Waals surface area contributed by atoms with Gasteiger partial charge in [-0.15, -0.1) is 0 Å². The van der Waals surface area contributed by atoms with Crippen LogP contribution in [0, 0.1) is 6.92 Å². The molecule has 0 aliphatic carbocycles. The van der Waals surface area contributed by atoms with Crippen LogP contribution < -0.4 is 4.72 Å². The third kappa shape index (κ3) is 4.74. The highest BCUT2D eigenvalue weighted by molar-refractivity contribution is 7.99. The zero-order chi connectivity index (χ0) is 18.6. The maximum absolute atomic E-state index is 13.0. The van der Waals surface area contributed by atoms with Crippen LogP contribution in [0.3, 0.4) is 0 Å². The number of aliphatic carboxylic acids is 1. The second-order valence-electron chi connectivity index (χ2n) is 5.80. The van der Waals surface area contributed by atoms with Crippen molar-refractivity contribution in [2.75, 3.05) is 24.6 Å². The van der Waals surface area contributed by atoms with Crippen molar-refractivity contribution >= 4 is 33.7 Å². The number of rotatable bonds is 6. The van der Waals surface area contributed by atoms with E-state index in [2.05, 4.69) is 4.72 Å². The minimum Gasteiger partial charge on any atom is -0.481 e. The molecule has 0 spiro atoms. The highest BCUT2D eigenvalue weighted by Crippen LogP contribution is 2.24. The SMILES string of the molecule is CCNS(=O)(=O)c1ccc(C)c(C(=O)N2CCSCC2CC(=O)O)c1. The molecule has 1 aliphatic heterocycles. The van der Waals surface area contributed by atoms with Crippen molar-refractivity contribution in [2.45, 2.75) is 31.2 Å². The fraction of sp³-hybridized carbons (Fsp3) is 0.500. The number of carbonyl (C=O) groups excluding carboxylic acids is 1. The first kappa shape index (κ1) is 19.7. The van der Waals surface area contributed by atoms with E-state index < -0.39 is 22.0 Å². The molecule has 1 heterocycles. The Hall–Kier alpha value is -1.58. The summed E-state index contributed by atoms with van der Waals surface area (Å²) in [4.78, 5) is 25.6. The van der Waals surface area contributed by atoms with Crippen LogP contribution in [0.25, 0.3) is 0 Å². The second-order valence-corrected chi connectivity index (χ2v) is 8.72. The van der Waals surface area contributed by atoms with Gasteiger partial charge in [0.05, 0.1) is 17.4 Å². The van der Waals surface area contributed by atoms with Crippen molar-refractivity contribution < 1.29 is 23.1 Å². The summed E-state index contributed by atoms with van der Waals surface area (Å²) in [7, 11) is -3.67. The first-order valence-electron chi connectivity index (χ1n) is 7.97. The number of aryl methyl sites for hydroxylation is 1. The van der Waals surface area contributed by atoms with Gasteiger partial charge in [-0.3, -0.25) is 9.59 Å². The van der Waals surface area contributed by atoms with Gasteiger partial charge in [0.1, 0.15) is 0 Å². The van der Waals surface area contributed by atoms with E-state index in [0.717, 1.165) is 5.75 Å². The number of nitrogens with zero attached hydrogens (tertiary/aromatic N) is 1. The zero-order valence-corrected chi connectivity index (χ0v) is 15.8. The molecule has 1 amide bonds. The number of carboxylic acid groups (broad SMARTS) is 1. The van der Waals surface area contributed by atoms with E-state index in [4.69, 9.17) is 5.11 Å². The molecule has 2 N–H and O–H groups in total. The molecule has 0 bridgehead atoms. The third-order valence-electron chi connectivity index (χ3n) is 3.98. The van der Waals surface area contributed by atoms with Crippen LogP contribution in [0.1, 0.15) is 29.3 Å². The molecular weight excluding hydrogens is 364 g/mol. The van der Waals surface area contributed by atoms with Crippen LogP contribution in [0.2, 0.25) is 0 Å². The predicted molar refractivity (Wildman–Crippen MR) is 96.4 cm³/mol. The quantitative estimate of drug-likeness (QED) is 0.764. The fourth-order valence-corrected chi connectivity index (χ4v) is 4.85. The Bertz CT molecular complexity index is 764. The molecule has 2 rings (SSSR count). The van der Waals surface area contributed by atoms with E-state index >= 15 is 0 Å². The largest absolute Gasteiger partial charge is 0.481 e. The molecule has 1 aromatic carbocycles. The van der Waals surface area contributed by atoms with Crippen LogP contribution in [0.4, 0.5) is 0 Å². The molecule has 25 heavy (non-hydrogen) atoms. The smallest absolute Gasteiger partial charge is 0.305 e. The standard InChI is InChI=1S/C16H22N2O5S2/c1-3-17-25(22,23)13-5-4-11(2)14(9-13)16(21)18-6-7-24-10-12(18)8-15(19)20/h4-5,9,12,17H,3,6-8,10H2,1-2H3,(H,19,20). The van der Waals surface area contributed by atoms with Gasteiger partial charge >= 0.3 is 5.97 Å². The topological polar surface area (TPSA) is 104 Å². The van der Waals surface area contributed by atoms with Gasteiger partial charge in [0.2, 0.25) is 10.0 Å². The summed E-state index contributed by atoms with van der Waals surface area (Å²) in [6.45, 7) is 4.12. The average Bonchev–Trinajstić information content (AvgIpc) is 2.54. The van der Waals surface area contributed by atoms with Gasteiger partial charge in [-0.1, -0.05) is 13.0 Å². The molecule has 0 radical (unpaired) electrons. The molecule has 1 aromatic rings. The third-order valence-corrected chi connectivity index (χ3v) is 6.62. The Balaban J connectivity index is 2.35. The Labute approximate surface area is 151 Å². The first-order valence-corrected chi connectivity index (χ1v) is 10.6. The highest BCUT2D eigenvalue weighted by Gasteiger charge is 2.30. The number of nitrogens with one attached hydrogen (secondary N) is 1. The van der Waals surface area contributed by atoms with Crippen molar-refractivity contribution in [1.29, 1.82) is 0 Å². The van der Waals surface area contributed by atoms with Gasteiger partial charge in [-0.05, 0) is 24.6 Å². The van der Waals surface area contributed by atoms with Crippen LogP contribution in [-0.4, -0.2) is 60.9 Å². The van der Waals surface area contributed by atoms with Gasteiger partial charge in [-0.25, -0.2) is 13.1 Å². The monoisotopic (exact) mass is 386 g/mol. The van der Waals surface area contributed by atoms with E-state index in [0.29, 0.717) is 23.4 Å². The minimum absolute atomic E-state index is 0.0319. The van der Waals surface area contributed by atoms with Crippen molar-refractivity contribution in [1.82, 2.24) is 9.62 Å². The molecule has 1 atom stereocenters. The van der Waals surface area contributed by atoms with E-state index in [1.54, 1.807) is 36.6 Å². The lowest BCUT2D eigenvalue weighted by Gasteiger charge is -2.35. The number of carboxylic acids is 1. The summed E-state index contributed by atoms with van der Waals surface area (Å²) < 4.78 is 26.8. The fourth-order valence-electron chi connectivity index (χ4n) is 2.72. The number of hydrogen-bond donors (Lipinski definition) is 2. The van der Waals surface area contributed by atoms with Crippen LogP contribution in [-0.2, 0) is 14.8 Å². The lowest BCUT2D eigenvalue weighted by molar-refractivity contribution is -0.138. The van der Waals surface area contributed by atoms with Gasteiger partial charge in [-0.2, -0.15) is 11.8 Å². The summed E-state index contributed by atoms with van der Waals surface area (Å²) in [5.41, 5.74) is 0.953. The van der Waals surface area contributed by atoms with Gasteiger partial charge in [0.25, 0.3) is 5.91 Å². The zero-order valence-electron chi connectivity index (χ0n) is 14.2. The molecule has 1 aliphatic rings. The van der Waals surface area contributed by atoms with Crippen LogP contribution in [0.5, 0.6) is 0 Å². The van der Waals surface area contributed by atoms with Gasteiger partial charge in [0.15, 0.2) is 0 Å². The number of hydrogen-bond acceptors (Lipinski definition) is 5. The van der Waals surface area contributed by atoms with Crippen molar-refractivity contribution in [3.05, 3.63) is 29.3 Å². The maximum Gasteiger partial charge on any atom is 0.305 e. The van der Waals surface area contributed by atoms with E-state index in [-0.39, 0.29) is 23.8 Å². The Morgan fingerprint density at radius 2 is 2.12 bits per heavy atom. The minimum atomic E-state index is -3.67. The molecule has 1 saturated heterocycles. The lowest BCUT2D eigenvalue weighted by atomic mass is 10.1. The van der Waals surface area contributed by atoms with Crippen LogP contribution >= 0.6 is 11.8 Å². The molecule has 7 nitrogen and oxygen atoms in total. The Morgan fingerprint density at radius 1 is 1.40 bits per heavy atom. The van der Waals surface area contributed by atoms with E-state index in [1.165, 1.54) is 12.1 Å². The van der Waals surface area contributed by atoms with Crippen molar-refractivity contribution in [3.8, 4) is 0 Å². The second kappa shape index (κ2) is 8.20. The van der Waals surface area contributed by atoms with Gasteiger partial charge in [0, 0.05) is 30.2 Å². The van der Waals surface area contributed by atoms with E-state index in [1.807, 2.05) is 0 Å². The summed E-state index contributed by atoms with van der Waals surface area (Å²) in [6, 6.07) is 4.04. The van der Waals surface area contributed by atoms with Gasteiger partial charge < -0.3 is 10.0 Å². The highest BCUT2D eigenvalue weighted by atomic mass is 32.2. The number of benzene rings is 1. The molecule has 9 heteroatoms. The predicted octanol–water partition coefficient (Wildman–Crippen LogP) is 1.33. The normalized spacial score (nSPS) is 18.2. The summed E-state index contributed by atoms with van der Waals surface area (Å²) in [5, 5.41) is 9.07. The number of thioether (sulfide) groups is 1. The summed E-state index contributed by atoms with van der Waals surface area (Å²) in [5.74, 6) is 0.0195. The molecule has 138 valence electrons. The number of carbonyl (C=O) groups is 2. The number of amides is 1. The number of sulfonamides is 1. The van der Waals surface area contributed by atoms with Crippen molar-refractivity contribution in [3.63, 3.8) is 0 Å². The molecule has 1 unspecified atom stereocenters. The van der Waals surface area contributed by atoms with Crippen LogP contribution in [0.15, 0.2) is 23.1 Å². The molecule has 0 aromatic heterocycles. The maximum atomic E-state index is 13.0. The molecular formula is C16H22N2O5S2. The van der Waals surface area contributed by atoms with E-state index in [9.17, 15) is 18.0 Å². The Kier molecular flexibility index (Phi) is 6.47. The molecule has 0 saturated carbocycles. The first-order chi connectivity index (χ1) is 11.8. The summed E-state index contributed by atoms with van der Waals surface area (Å²) in [6.07, 6.45) is -0.118. The average molecular weight is 386 g/mol. The summed E-state index contributed by atoms with van der Waals surface area (Å²) >= 11 is 1.62. The van der Waals surface area contributed by atoms with Crippen molar-refractivity contribution in [2.24, 2.45) is 0 Å². The lowest BCUT2D eigenvalue weighted by Crippen LogP contribution is -2.47. The molecule has 1 fully saturated rings.